The van der Waals surface area contributed by atoms with Crippen molar-refractivity contribution in [2.24, 2.45) is 0 Å². The van der Waals surface area contributed by atoms with E-state index in [2.05, 4.69) is 6.07 Å². The van der Waals surface area contributed by atoms with Gasteiger partial charge in [0.1, 0.15) is 5.75 Å². The Labute approximate surface area is 178 Å². The molecule has 1 atom stereocenters. The number of carbonyl (C=O) groups excluding carboxylic acids is 1. The van der Waals surface area contributed by atoms with Crippen LogP contribution in [0.4, 0.5) is 0 Å². The molecule has 1 fully saturated rings. The monoisotopic (exact) mass is 428 g/mol. The Hall–Kier alpha value is -2.38. The molecule has 6 nitrogen and oxygen atoms in total. The normalized spacial score (nSPS) is 18.5. The molecule has 160 valence electrons. The minimum Gasteiger partial charge on any atom is -0.481 e. The second kappa shape index (κ2) is 8.78. The fraction of sp³-hybridized carbons (Fsp3) is 0.435. The number of amides is 1. The van der Waals surface area contributed by atoms with E-state index in [-0.39, 0.29) is 23.9 Å². The first-order valence-corrected chi connectivity index (χ1v) is 12.0. The third kappa shape index (κ3) is 4.23. The summed E-state index contributed by atoms with van der Waals surface area (Å²) in [6.45, 7) is 3.08. The van der Waals surface area contributed by atoms with Crippen LogP contribution in [0, 0.1) is 0 Å². The Balaban J connectivity index is 1.38. The summed E-state index contributed by atoms with van der Waals surface area (Å²) in [5.74, 6) is 0.707. The number of carbonyl (C=O) groups is 1. The van der Waals surface area contributed by atoms with Crippen LogP contribution >= 0.6 is 0 Å². The van der Waals surface area contributed by atoms with Crippen LogP contribution in [-0.2, 0) is 27.7 Å². The van der Waals surface area contributed by atoms with Crippen LogP contribution in [0.3, 0.4) is 0 Å². The number of rotatable bonds is 5. The molecule has 0 aromatic heterocycles. The molecule has 1 amide bonds. The van der Waals surface area contributed by atoms with Crippen LogP contribution in [0.2, 0.25) is 0 Å². The van der Waals surface area contributed by atoms with Crippen molar-refractivity contribution in [2.75, 3.05) is 26.2 Å². The van der Waals surface area contributed by atoms with Crippen LogP contribution in [0.25, 0.3) is 0 Å². The number of hydrogen-bond donors (Lipinski definition) is 0. The zero-order chi connectivity index (χ0) is 21.1. The minimum atomic E-state index is -3.53. The maximum Gasteiger partial charge on any atom is 0.263 e. The van der Waals surface area contributed by atoms with Crippen molar-refractivity contribution in [1.82, 2.24) is 9.21 Å². The van der Waals surface area contributed by atoms with Crippen molar-refractivity contribution in [3.05, 3.63) is 59.7 Å². The molecule has 1 aliphatic heterocycles. The molecule has 1 heterocycles. The molecule has 2 aromatic carbocycles. The van der Waals surface area contributed by atoms with Crippen molar-refractivity contribution < 1.29 is 17.9 Å². The first-order chi connectivity index (χ1) is 14.5. The van der Waals surface area contributed by atoms with E-state index in [1.165, 1.54) is 21.9 Å². The Morgan fingerprint density at radius 2 is 1.63 bits per heavy atom. The number of benzene rings is 2. The average molecular weight is 429 g/mol. The molecule has 7 heteroatoms. The van der Waals surface area contributed by atoms with Crippen LogP contribution in [-0.4, -0.2) is 55.8 Å². The van der Waals surface area contributed by atoms with Gasteiger partial charge in [-0.3, -0.25) is 4.79 Å². The fourth-order valence-electron chi connectivity index (χ4n) is 4.25. The summed E-state index contributed by atoms with van der Waals surface area (Å²) in [5.41, 5.74) is 2.54. The number of nitrogens with zero attached hydrogens (tertiary/aromatic N) is 2. The van der Waals surface area contributed by atoms with E-state index < -0.39 is 16.1 Å². The minimum absolute atomic E-state index is 0.0971. The van der Waals surface area contributed by atoms with E-state index in [0.29, 0.717) is 13.1 Å². The maximum atomic E-state index is 12.9. The van der Waals surface area contributed by atoms with Gasteiger partial charge in [-0.05, 0) is 61.9 Å². The number of fused-ring (bicyclic) bond motifs is 1. The third-order valence-corrected chi connectivity index (χ3v) is 7.85. The first-order valence-electron chi connectivity index (χ1n) is 10.6. The van der Waals surface area contributed by atoms with E-state index >= 15 is 0 Å². The van der Waals surface area contributed by atoms with Gasteiger partial charge in [-0.15, -0.1) is 0 Å². The predicted molar refractivity (Wildman–Crippen MR) is 115 cm³/mol. The summed E-state index contributed by atoms with van der Waals surface area (Å²) < 4.78 is 33.1. The Morgan fingerprint density at radius 1 is 0.933 bits per heavy atom. The molecule has 0 saturated carbocycles. The topological polar surface area (TPSA) is 66.9 Å². The largest absolute Gasteiger partial charge is 0.481 e. The molecule has 4 rings (SSSR count). The summed E-state index contributed by atoms with van der Waals surface area (Å²) in [7, 11) is -3.53. The van der Waals surface area contributed by atoms with E-state index in [1.54, 1.807) is 42.2 Å². The summed E-state index contributed by atoms with van der Waals surface area (Å²) in [5, 5.41) is 0. The second-order valence-corrected chi connectivity index (χ2v) is 9.84. The predicted octanol–water partition coefficient (Wildman–Crippen LogP) is 2.87. The maximum absolute atomic E-state index is 12.9. The first kappa shape index (κ1) is 20.9. The molecule has 0 spiro atoms. The highest BCUT2D eigenvalue weighted by molar-refractivity contribution is 7.89. The Kier molecular flexibility index (Phi) is 6.11. The van der Waals surface area contributed by atoms with Gasteiger partial charge in [-0.1, -0.05) is 30.3 Å². The van der Waals surface area contributed by atoms with Crippen molar-refractivity contribution in [2.45, 2.75) is 43.6 Å². The van der Waals surface area contributed by atoms with Crippen molar-refractivity contribution in [1.29, 1.82) is 0 Å². The van der Waals surface area contributed by atoms with Crippen LogP contribution in [0.5, 0.6) is 5.75 Å². The van der Waals surface area contributed by atoms with E-state index in [9.17, 15) is 13.2 Å². The number of hydrogen-bond acceptors (Lipinski definition) is 4. The second-order valence-electron chi connectivity index (χ2n) is 7.90. The number of sulfonamides is 1. The molecule has 1 unspecified atom stereocenters. The lowest BCUT2D eigenvalue weighted by atomic mass is 9.91. The standard InChI is InChI=1S/C23H28N2O4S/c1-18(29-22-13-7-9-19-8-5-6-12-21(19)22)23(26)24-14-16-25(17-15-24)30(27,28)20-10-3-2-4-11-20/h2-4,7,9-11,13,18H,5-6,8,12,14-17H2,1H3. The molecule has 0 radical (unpaired) electrons. The van der Waals surface area contributed by atoms with E-state index in [4.69, 9.17) is 4.74 Å². The summed E-state index contributed by atoms with van der Waals surface area (Å²) in [4.78, 5) is 14.9. The van der Waals surface area contributed by atoms with Crippen LogP contribution in [0.15, 0.2) is 53.4 Å². The van der Waals surface area contributed by atoms with Gasteiger partial charge in [0.25, 0.3) is 5.91 Å². The van der Waals surface area contributed by atoms with Gasteiger partial charge in [0, 0.05) is 26.2 Å². The van der Waals surface area contributed by atoms with Gasteiger partial charge in [0.2, 0.25) is 10.0 Å². The van der Waals surface area contributed by atoms with Gasteiger partial charge >= 0.3 is 0 Å². The van der Waals surface area contributed by atoms with Gasteiger partial charge < -0.3 is 9.64 Å². The molecule has 1 aliphatic carbocycles. The highest BCUT2D eigenvalue weighted by Crippen LogP contribution is 2.30. The zero-order valence-electron chi connectivity index (χ0n) is 17.3. The lowest BCUT2D eigenvalue weighted by Gasteiger charge is -2.35. The quantitative estimate of drug-likeness (QED) is 0.735. The van der Waals surface area contributed by atoms with Crippen LogP contribution in [0.1, 0.15) is 30.9 Å². The molecule has 2 aliphatic rings. The SMILES string of the molecule is CC(Oc1cccc2c1CCCC2)C(=O)N1CCN(S(=O)(=O)c2ccccc2)CC1. The number of ether oxygens (including phenoxy) is 1. The molecule has 1 saturated heterocycles. The molecular formula is C23H28N2O4S. The summed E-state index contributed by atoms with van der Waals surface area (Å²) in [6, 6.07) is 14.5. The Morgan fingerprint density at radius 3 is 2.37 bits per heavy atom. The molecule has 2 aromatic rings. The van der Waals surface area contributed by atoms with Gasteiger partial charge in [0.05, 0.1) is 4.90 Å². The molecule has 0 N–H and O–H groups in total. The molecular weight excluding hydrogens is 400 g/mol. The highest BCUT2D eigenvalue weighted by Gasteiger charge is 2.32. The smallest absolute Gasteiger partial charge is 0.263 e. The number of piperazine rings is 1. The zero-order valence-corrected chi connectivity index (χ0v) is 18.1. The van der Waals surface area contributed by atoms with E-state index in [0.717, 1.165) is 25.0 Å². The summed E-state index contributed by atoms with van der Waals surface area (Å²) in [6.07, 6.45) is 3.79. The summed E-state index contributed by atoms with van der Waals surface area (Å²) >= 11 is 0. The van der Waals surface area contributed by atoms with Crippen molar-refractivity contribution >= 4 is 15.9 Å². The third-order valence-electron chi connectivity index (χ3n) is 5.94. The van der Waals surface area contributed by atoms with E-state index in [1.807, 2.05) is 12.1 Å². The molecule has 0 bridgehead atoms. The fourth-order valence-corrected chi connectivity index (χ4v) is 5.69. The lowest BCUT2D eigenvalue weighted by molar-refractivity contribution is -0.139. The van der Waals surface area contributed by atoms with Crippen molar-refractivity contribution in [3.63, 3.8) is 0 Å². The lowest BCUT2D eigenvalue weighted by Crippen LogP contribution is -2.53. The number of aryl methyl sites for hydroxylation is 1. The molecule has 30 heavy (non-hydrogen) atoms. The Bertz CT molecular complexity index is 999. The van der Waals surface area contributed by atoms with Gasteiger partial charge in [-0.2, -0.15) is 4.31 Å². The van der Waals surface area contributed by atoms with Gasteiger partial charge in [0.15, 0.2) is 6.10 Å². The van der Waals surface area contributed by atoms with Crippen LogP contribution < -0.4 is 4.74 Å². The van der Waals surface area contributed by atoms with Crippen molar-refractivity contribution in [3.8, 4) is 5.75 Å². The average Bonchev–Trinajstić information content (AvgIpc) is 2.79. The highest BCUT2D eigenvalue weighted by atomic mass is 32.2. The van der Waals surface area contributed by atoms with Gasteiger partial charge in [-0.25, -0.2) is 8.42 Å².